The standard InChI is InChI=1S/C21H18ClN3O4S/c22-17-8-6-9-18(13-17)25(30(28,29)19-10-2-1-3-11-19)15-21(27)24-23-14-16-7-4-5-12-20(16)26/h1-14,26H,15H2,(H,24,27)/b23-14+. The zero-order chi connectivity index (χ0) is 21.6. The van der Waals surface area contributed by atoms with Crippen LogP contribution in [0, 0.1) is 0 Å². The number of benzene rings is 3. The second-order valence-corrected chi connectivity index (χ2v) is 8.46. The monoisotopic (exact) mass is 443 g/mol. The molecule has 154 valence electrons. The Morgan fingerprint density at radius 1 is 1.03 bits per heavy atom. The number of phenolic OH excluding ortho intramolecular Hbond substituents is 1. The third kappa shape index (κ3) is 5.16. The van der Waals surface area contributed by atoms with E-state index in [4.69, 9.17) is 11.6 Å². The Balaban J connectivity index is 1.84. The molecule has 0 bridgehead atoms. The number of carbonyl (C=O) groups is 1. The number of para-hydroxylation sites is 1. The average molecular weight is 444 g/mol. The molecule has 2 N–H and O–H groups in total. The fourth-order valence-corrected chi connectivity index (χ4v) is 4.22. The number of phenols is 1. The van der Waals surface area contributed by atoms with Crippen LogP contribution in [0.5, 0.6) is 5.75 Å². The van der Waals surface area contributed by atoms with Gasteiger partial charge in [-0.3, -0.25) is 9.10 Å². The van der Waals surface area contributed by atoms with Crippen molar-refractivity contribution in [2.75, 3.05) is 10.8 Å². The summed E-state index contributed by atoms with van der Waals surface area (Å²) in [5.41, 5.74) is 2.92. The largest absolute Gasteiger partial charge is 0.507 e. The van der Waals surface area contributed by atoms with E-state index in [-0.39, 0.29) is 16.3 Å². The molecule has 3 aromatic carbocycles. The number of rotatable bonds is 7. The Morgan fingerprint density at radius 3 is 2.43 bits per heavy atom. The zero-order valence-corrected chi connectivity index (χ0v) is 17.2. The number of carbonyl (C=O) groups excluding carboxylic acids is 1. The van der Waals surface area contributed by atoms with Crippen LogP contribution in [0.1, 0.15) is 5.56 Å². The van der Waals surface area contributed by atoms with Gasteiger partial charge in [0.25, 0.3) is 15.9 Å². The molecule has 0 fully saturated rings. The van der Waals surface area contributed by atoms with Gasteiger partial charge in [-0.05, 0) is 42.5 Å². The number of hydrazone groups is 1. The van der Waals surface area contributed by atoms with Gasteiger partial charge in [0.05, 0.1) is 16.8 Å². The predicted molar refractivity (Wildman–Crippen MR) is 116 cm³/mol. The summed E-state index contributed by atoms with van der Waals surface area (Å²) in [6, 6.07) is 20.4. The van der Waals surface area contributed by atoms with Crippen molar-refractivity contribution in [3.63, 3.8) is 0 Å². The highest BCUT2D eigenvalue weighted by molar-refractivity contribution is 7.92. The quantitative estimate of drug-likeness (QED) is 0.432. The lowest BCUT2D eigenvalue weighted by atomic mass is 10.2. The van der Waals surface area contributed by atoms with Gasteiger partial charge in [0.2, 0.25) is 0 Å². The lowest BCUT2D eigenvalue weighted by Gasteiger charge is -2.23. The van der Waals surface area contributed by atoms with Crippen LogP contribution in [-0.4, -0.2) is 32.2 Å². The molecule has 1 amide bonds. The van der Waals surface area contributed by atoms with Crippen molar-refractivity contribution >= 4 is 39.4 Å². The molecule has 0 spiro atoms. The minimum Gasteiger partial charge on any atom is -0.507 e. The lowest BCUT2D eigenvalue weighted by Crippen LogP contribution is -2.39. The Hall–Kier alpha value is -3.36. The molecular formula is C21H18ClN3O4S. The van der Waals surface area contributed by atoms with Crippen LogP contribution in [0.4, 0.5) is 5.69 Å². The van der Waals surface area contributed by atoms with Crippen molar-refractivity contribution in [2.45, 2.75) is 4.90 Å². The van der Waals surface area contributed by atoms with Gasteiger partial charge in [0.1, 0.15) is 12.3 Å². The first-order valence-corrected chi connectivity index (χ1v) is 10.6. The molecule has 0 aromatic heterocycles. The summed E-state index contributed by atoms with van der Waals surface area (Å²) >= 11 is 6.02. The maximum absolute atomic E-state index is 13.2. The van der Waals surface area contributed by atoms with Crippen LogP contribution in [0.25, 0.3) is 0 Å². The molecule has 0 atom stereocenters. The first kappa shape index (κ1) is 21.4. The van der Waals surface area contributed by atoms with Crippen LogP contribution >= 0.6 is 11.6 Å². The van der Waals surface area contributed by atoms with E-state index >= 15 is 0 Å². The smallest absolute Gasteiger partial charge is 0.264 e. The number of hydrogen-bond donors (Lipinski definition) is 2. The van der Waals surface area contributed by atoms with E-state index in [1.807, 2.05) is 0 Å². The molecule has 0 saturated carbocycles. The SMILES string of the molecule is O=C(CN(c1cccc(Cl)c1)S(=O)(=O)c1ccccc1)N/N=C/c1ccccc1O. The number of aromatic hydroxyl groups is 1. The fourth-order valence-electron chi connectivity index (χ4n) is 2.60. The van der Waals surface area contributed by atoms with Gasteiger partial charge in [-0.25, -0.2) is 13.8 Å². The van der Waals surface area contributed by atoms with Gasteiger partial charge in [-0.2, -0.15) is 5.10 Å². The van der Waals surface area contributed by atoms with Gasteiger partial charge in [0.15, 0.2) is 0 Å². The number of hydrogen-bond acceptors (Lipinski definition) is 5. The average Bonchev–Trinajstić information content (AvgIpc) is 2.74. The molecule has 0 aliphatic heterocycles. The van der Waals surface area contributed by atoms with E-state index in [9.17, 15) is 18.3 Å². The third-order valence-electron chi connectivity index (χ3n) is 4.04. The van der Waals surface area contributed by atoms with Crippen LogP contribution in [0.2, 0.25) is 5.02 Å². The predicted octanol–water partition coefficient (Wildman–Crippen LogP) is 3.39. The van der Waals surface area contributed by atoms with Crippen LogP contribution in [0.3, 0.4) is 0 Å². The van der Waals surface area contributed by atoms with Crippen molar-refractivity contribution in [3.05, 3.63) is 89.4 Å². The number of halogens is 1. The summed E-state index contributed by atoms with van der Waals surface area (Å²) in [6.07, 6.45) is 1.27. The molecule has 30 heavy (non-hydrogen) atoms. The molecule has 0 radical (unpaired) electrons. The second kappa shape index (κ2) is 9.43. The summed E-state index contributed by atoms with van der Waals surface area (Å²) in [5.74, 6) is -0.663. The molecule has 0 heterocycles. The summed E-state index contributed by atoms with van der Waals surface area (Å²) in [5, 5.41) is 13.8. The molecule has 3 rings (SSSR count). The Bertz CT molecular complexity index is 1170. The molecule has 0 saturated heterocycles. The topological polar surface area (TPSA) is 99.1 Å². The summed E-state index contributed by atoms with van der Waals surface area (Å²) < 4.78 is 27.3. The van der Waals surface area contributed by atoms with Crippen molar-refractivity contribution in [3.8, 4) is 5.75 Å². The number of amides is 1. The maximum Gasteiger partial charge on any atom is 0.264 e. The zero-order valence-electron chi connectivity index (χ0n) is 15.6. The Labute approximate surface area is 179 Å². The van der Waals surface area contributed by atoms with Crippen LogP contribution in [-0.2, 0) is 14.8 Å². The molecule has 0 aliphatic carbocycles. The number of anilines is 1. The minimum atomic E-state index is -4.03. The van der Waals surface area contributed by atoms with Crippen molar-refractivity contribution in [1.29, 1.82) is 0 Å². The number of sulfonamides is 1. The first-order chi connectivity index (χ1) is 14.4. The van der Waals surface area contributed by atoms with Gasteiger partial charge < -0.3 is 5.11 Å². The van der Waals surface area contributed by atoms with Crippen molar-refractivity contribution < 1.29 is 18.3 Å². The fraction of sp³-hybridized carbons (Fsp3) is 0.0476. The minimum absolute atomic E-state index is 0.00251. The highest BCUT2D eigenvalue weighted by atomic mass is 35.5. The molecule has 9 heteroatoms. The summed E-state index contributed by atoms with van der Waals surface area (Å²) in [6.45, 7) is -0.518. The van der Waals surface area contributed by atoms with E-state index in [1.54, 1.807) is 54.6 Å². The summed E-state index contributed by atoms with van der Waals surface area (Å²) in [4.78, 5) is 12.5. The number of nitrogens with zero attached hydrogens (tertiary/aromatic N) is 2. The van der Waals surface area contributed by atoms with E-state index < -0.39 is 22.5 Å². The van der Waals surface area contributed by atoms with Crippen LogP contribution < -0.4 is 9.73 Å². The Kier molecular flexibility index (Phi) is 6.71. The molecular weight excluding hydrogens is 426 g/mol. The van der Waals surface area contributed by atoms with E-state index in [0.29, 0.717) is 10.6 Å². The molecule has 0 aliphatic rings. The van der Waals surface area contributed by atoms with E-state index in [0.717, 1.165) is 4.31 Å². The van der Waals surface area contributed by atoms with E-state index in [1.165, 1.54) is 30.5 Å². The molecule has 7 nitrogen and oxygen atoms in total. The Morgan fingerprint density at radius 2 is 1.73 bits per heavy atom. The van der Waals surface area contributed by atoms with Crippen LogP contribution in [0.15, 0.2) is 88.9 Å². The van der Waals surface area contributed by atoms with Crippen molar-refractivity contribution in [2.24, 2.45) is 5.10 Å². The highest BCUT2D eigenvalue weighted by Gasteiger charge is 2.27. The van der Waals surface area contributed by atoms with Gasteiger partial charge >= 0.3 is 0 Å². The van der Waals surface area contributed by atoms with Gasteiger partial charge in [0, 0.05) is 10.6 Å². The normalized spacial score (nSPS) is 11.4. The van der Waals surface area contributed by atoms with Gasteiger partial charge in [-0.1, -0.05) is 48.0 Å². The summed E-state index contributed by atoms with van der Waals surface area (Å²) in [7, 11) is -4.03. The lowest BCUT2D eigenvalue weighted by molar-refractivity contribution is -0.119. The van der Waals surface area contributed by atoms with E-state index in [2.05, 4.69) is 10.5 Å². The number of nitrogens with one attached hydrogen (secondary N) is 1. The molecule has 0 unspecified atom stereocenters. The third-order valence-corrected chi connectivity index (χ3v) is 6.07. The first-order valence-electron chi connectivity index (χ1n) is 8.81. The van der Waals surface area contributed by atoms with Gasteiger partial charge in [-0.15, -0.1) is 0 Å². The maximum atomic E-state index is 13.2. The highest BCUT2D eigenvalue weighted by Crippen LogP contribution is 2.25. The van der Waals surface area contributed by atoms with Crippen molar-refractivity contribution in [1.82, 2.24) is 5.43 Å². The second-order valence-electron chi connectivity index (χ2n) is 6.16. The molecule has 3 aromatic rings.